The molecule has 1 atom stereocenters. The Kier molecular flexibility index (Phi) is 3.84. The van der Waals surface area contributed by atoms with Gasteiger partial charge < -0.3 is 4.74 Å². The maximum atomic E-state index is 13.4. The fraction of sp³-hybridized carbons (Fsp3) is 0.900. The van der Waals surface area contributed by atoms with Crippen LogP contribution in [0.4, 0.5) is 8.78 Å². The fourth-order valence-corrected chi connectivity index (χ4v) is 1.80. The lowest BCUT2D eigenvalue weighted by molar-refractivity contribution is -0.163. The lowest BCUT2D eigenvalue weighted by Crippen LogP contribution is -2.34. The highest BCUT2D eigenvalue weighted by Crippen LogP contribution is 2.37. The number of esters is 1. The van der Waals surface area contributed by atoms with Crippen LogP contribution < -0.4 is 0 Å². The highest BCUT2D eigenvalue weighted by molar-refractivity contribution is 5.73. The molecule has 0 radical (unpaired) electrons. The normalized spacial score (nSPS) is 26.6. The van der Waals surface area contributed by atoms with Crippen LogP contribution in [-0.2, 0) is 9.53 Å². The summed E-state index contributed by atoms with van der Waals surface area (Å²) in [5, 5.41) is 0. The predicted octanol–water partition coefficient (Wildman–Crippen LogP) is 2.77. The van der Waals surface area contributed by atoms with Crippen LogP contribution in [0.5, 0.6) is 0 Å². The van der Waals surface area contributed by atoms with Crippen LogP contribution in [-0.4, -0.2) is 18.5 Å². The molecule has 0 N–H and O–H groups in total. The van der Waals surface area contributed by atoms with E-state index in [4.69, 9.17) is 0 Å². The number of ether oxygens (including phenoxy) is 1. The first-order valence-electron chi connectivity index (χ1n) is 5.12. The van der Waals surface area contributed by atoms with Gasteiger partial charge in [0.05, 0.1) is 6.61 Å². The molecule has 1 aliphatic carbocycles. The zero-order chi connectivity index (χ0) is 10.6. The molecule has 1 rings (SSSR count). The molecular formula is C10H16F2O2. The highest BCUT2D eigenvalue weighted by atomic mass is 19.3. The first kappa shape index (κ1) is 11.4. The summed E-state index contributed by atoms with van der Waals surface area (Å²) in [5.74, 6) is -4.83. The molecule has 1 unspecified atom stereocenters. The second-order valence-electron chi connectivity index (χ2n) is 3.67. The largest absolute Gasteiger partial charge is 0.466 e. The second kappa shape index (κ2) is 4.71. The van der Waals surface area contributed by atoms with Crippen LogP contribution in [0.15, 0.2) is 0 Å². The zero-order valence-electron chi connectivity index (χ0n) is 8.39. The van der Waals surface area contributed by atoms with E-state index in [1.807, 2.05) is 0 Å². The van der Waals surface area contributed by atoms with Crippen LogP contribution in [0, 0.1) is 5.92 Å². The molecule has 0 saturated heterocycles. The Balaban J connectivity index is 2.66. The van der Waals surface area contributed by atoms with Crippen LogP contribution in [0.25, 0.3) is 0 Å². The molecule has 0 aromatic carbocycles. The monoisotopic (exact) mass is 206 g/mol. The Hall–Kier alpha value is -0.670. The van der Waals surface area contributed by atoms with Gasteiger partial charge in [0.15, 0.2) is 0 Å². The third-order valence-corrected chi connectivity index (χ3v) is 2.58. The van der Waals surface area contributed by atoms with Crippen molar-refractivity contribution in [1.82, 2.24) is 0 Å². The summed E-state index contributed by atoms with van der Waals surface area (Å²) in [5.41, 5.74) is 0. The van der Waals surface area contributed by atoms with Gasteiger partial charge in [0.25, 0.3) is 5.92 Å². The summed E-state index contributed by atoms with van der Waals surface area (Å²) in [6, 6.07) is 0. The smallest absolute Gasteiger partial charge is 0.315 e. The molecule has 0 bridgehead atoms. The molecule has 0 aliphatic heterocycles. The van der Waals surface area contributed by atoms with E-state index in [-0.39, 0.29) is 19.4 Å². The molecule has 4 heteroatoms. The van der Waals surface area contributed by atoms with Crippen molar-refractivity contribution >= 4 is 5.97 Å². The Morgan fingerprint density at radius 1 is 1.43 bits per heavy atom. The number of carbonyl (C=O) groups is 1. The van der Waals surface area contributed by atoms with Crippen molar-refractivity contribution in [1.29, 1.82) is 0 Å². The lowest BCUT2D eigenvalue weighted by Gasteiger charge is -2.22. The van der Waals surface area contributed by atoms with Crippen LogP contribution in [0.3, 0.4) is 0 Å². The van der Waals surface area contributed by atoms with E-state index in [2.05, 4.69) is 4.74 Å². The first-order chi connectivity index (χ1) is 6.58. The Morgan fingerprint density at radius 3 is 2.79 bits per heavy atom. The quantitative estimate of drug-likeness (QED) is 0.513. The molecule has 1 aliphatic rings. The lowest BCUT2D eigenvalue weighted by atomic mass is 9.96. The van der Waals surface area contributed by atoms with Crippen LogP contribution in [0.1, 0.15) is 39.0 Å². The number of hydrogen-bond acceptors (Lipinski definition) is 2. The minimum absolute atomic E-state index is 0.172. The number of hydrogen-bond donors (Lipinski definition) is 0. The minimum atomic E-state index is -2.87. The SMILES string of the molecule is CCOC(=O)C1CCCCCC1(F)F. The average Bonchev–Trinajstić information content (AvgIpc) is 2.26. The third-order valence-electron chi connectivity index (χ3n) is 2.58. The molecule has 1 fully saturated rings. The summed E-state index contributed by atoms with van der Waals surface area (Å²) in [7, 11) is 0. The number of carbonyl (C=O) groups excluding carboxylic acids is 1. The molecule has 0 aromatic rings. The molecule has 2 nitrogen and oxygen atoms in total. The summed E-state index contributed by atoms with van der Waals surface area (Å²) in [4.78, 5) is 11.3. The maximum Gasteiger partial charge on any atom is 0.315 e. The van der Waals surface area contributed by atoms with Gasteiger partial charge in [-0.05, 0) is 19.8 Å². The maximum absolute atomic E-state index is 13.4. The standard InChI is InChI=1S/C10H16F2O2/c1-2-14-9(13)8-6-4-3-5-7-10(8,11)12/h8H,2-7H2,1H3. The van der Waals surface area contributed by atoms with Crippen molar-refractivity contribution in [2.24, 2.45) is 5.92 Å². The Morgan fingerprint density at radius 2 is 2.14 bits per heavy atom. The van der Waals surface area contributed by atoms with Crippen molar-refractivity contribution < 1.29 is 18.3 Å². The summed E-state index contributed by atoms with van der Waals surface area (Å²) < 4.78 is 31.5. The number of rotatable bonds is 2. The molecule has 0 heterocycles. The molecular weight excluding hydrogens is 190 g/mol. The molecule has 14 heavy (non-hydrogen) atoms. The van der Waals surface area contributed by atoms with E-state index < -0.39 is 17.8 Å². The number of alkyl halides is 2. The second-order valence-corrected chi connectivity index (χ2v) is 3.67. The first-order valence-corrected chi connectivity index (χ1v) is 5.12. The molecule has 0 amide bonds. The van der Waals surface area contributed by atoms with Gasteiger partial charge in [-0.3, -0.25) is 4.79 Å². The number of halogens is 2. The van der Waals surface area contributed by atoms with Gasteiger partial charge in [0, 0.05) is 6.42 Å². The summed E-state index contributed by atoms with van der Waals surface area (Å²) in [6.45, 7) is 1.80. The Bertz CT molecular complexity index is 204. The van der Waals surface area contributed by atoms with Gasteiger partial charge >= 0.3 is 5.97 Å². The van der Waals surface area contributed by atoms with Gasteiger partial charge in [-0.1, -0.05) is 12.8 Å². The van der Waals surface area contributed by atoms with Crippen LogP contribution in [0.2, 0.25) is 0 Å². The molecule has 82 valence electrons. The molecule has 0 aromatic heterocycles. The van der Waals surface area contributed by atoms with Crippen molar-refractivity contribution in [3.05, 3.63) is 0 Å². The summed E-state index contributed by atoms with van der Waals surface area (Å²) in [6.07, 6.45) is 2.05. The van der Waals surface area contributed by atoms with Crippen molar-refractivity contribution in [3.63, 3.8) is 0 Å². The van der Waals surface area contributed by atoms with E-state index in [1.165, 1.54) is 0 Å². The van der Waals surface area contributed by atoms with E-state index in [1.54, 1.807) is 6.92 Å². The third kappa shape index (κ3) is 2.66. The van der Waals surface area contributed by atoms with Gasteiger partial charge in [0.1, 0.15) is 5.92 Å². The van der Waals surface area contributed by atoms with E-state index >= 15 is 0 Å². The molecule has 1 saturated carbocycles. The van der Waals surface area contributed by atoms with E-state index in [9.17, 15) is 13.6 Å². The van der Waals surface area contributed by atoms with E-state index in [0.29, 0.717) is 12.8 Å². The van der Waals surface area contributed by atoms with Gasteiger partial charge in [0.2, 0.25) is 0 Å². The van der Waals surface area contributed by atoms with Crippen LogP contribution >= 0.6 is 0 Å². The topological polar surface area (TPSA) is 26.3 Å². The van der Waals surface area contributed by atoms with Gasteiger partial charge in [-0.15, -0.1) is 0 Å². The fourth-order valence-electron chi connectivity index (χ4n) is 1.80. The Labute approximate surface area is 82.6 Å². The molecule has 0 spiro atoms. The van der Waals surface area contributed by atoms with E-state index in [0.717, 1.165) is 6.42 Å². The summed E-state index contributed by atoms with van der Waals surface area (Å²) >= 11 is 0. The minimum Gasteiger partial charge on any atom is -0.466 e. The van der Waals surface area contributed by atoms with Gasteiger partial charge in [-0.25, -0.2) is 8.78 Å². The van der Waals surface area contributed by atoms with Crippen molar-refractivity contribution in [2.75, 3.05) is 6.61 Å². The average molecular weight is 206 g/mol. The predicted molar refractivity (Wildman–Crippen MR) is 48.2 cm³/mol. The highest BCUT2D eigenvalue weighted by Gasteiger charge is 2.45. The van der Waals surface area contributed by atoms with Crippen molar-refractivity contribution in [2.45, 2.75) is 45.0 Å². The zero-order valence-corrected chi connectivity index (χ0v) is 8.39. The van der Waals surface area contributed by atoms with Gasteiger partial charge in [-0.2, -0.15) is 0 Å². The van der Waals surface area contributed by atoms with Crippen molar-refractivity contribution in [3.8, 4) is 0 Å².